The molecule has 0 aliphatic heterocycles. The molecule has 2 atom stereocenters. The lowest BCUT2D eigenvalue weighted by Gasteiger charge is -2.26. The van der Waals surface area contributed by atoms with Crippen LogP contribution in [0.15, 0.2) is 24.3 Å². The first-order valence-corrected chi connectivity index (χ1v) is 6.93. The van der Waals surface area contributed by atoms with Crippen molar-refractivity contribution in [3.8, 4) is 5.75 Å². The Morgan fingerprint density at radius 1 is 1.57 bits per heavy atom. The highest BCUT2D eigenvalue weighted by Gasteiger charge is 2.44. The molecule has 1 aliphatic rings. The van der Waals surface area contributed by atoms with Gasteiger partial charge >= 0.3 is 5.69 Å². The number of hydrogen-bond donors (Lipinski definition) is 2. The Morgan fingerprint density at radius 2 is 2.29 bits per heavy atom. The first-order chi connectivity index (χ1) is 9.98. The van der Waals surface area contributed by atoms with Crippen LogP contribution in [0.5, 0.6) is 5.75 Å². The molecular weight excluding hydrogens is 274 g/mol. The van der Waals surface area contributed by atoms with Crippen LogP contribution < -0.4 is 15.8 Å². The van der Waals surface area contributed by atoms with Gasteiger partial charge in [0.05, 0.1) is 4.92 Å². The number of nitrogens with one attached hydrogen (secondary N) is 1. The number of nitro benzene ring substituents is 1. The van der Waals surface area contributed by atoms with Gasteiger partial charge in [0.2, 0.25) is 5.91 Å². The summed E-state index contributed by atoms with van der Waals surface area (Å²) < 4.78 is 5.73. The summed E-state index contributed by atoms with van der Waals surface area (Å²) >= 11 is 0. The van der Waals surface area contributed by atoms with Gasteiger partial charge in [0.15, 0.2) is 5.75 Å². The van der Waals surface area contributed by atoms with Gasteiger partial charge in [-0.2, -0.15) is 0 Å². The van der Waals surface area contributed by atoms with Crippen LogP contribution in [0.2, 0.25) is 0 Å². The first kappa shape index (κ1) is 15.2. The average Bonchev–Trinajstić information content (AvgIpc) is 2.84. The number of para-hydroxylation sites is 2. The fourth-order valence-electron chi connectivity index (χ4n) is 2.80. The third kappa shape index (κ3) is 3.13. The molecule has 0 spiro atoms. The van der Waals surface area contributed by atoms with Crippen LogP contribution in [0.1, 0.15) is 26.2 Å². The maximum Gasteiger partial charge on any atom is 0.310 e. The number of primary amides is 1. The Balaban J connectivity index is 2.13. The van der Waals surface area contributed by atoms with E-state index in [1.807, 2.05) is 6.92 Å². The maximum absolute atomic E-state index is 11.7. The summed E-state index contributed by atoms with van der Waals surface area (Å²) in [6, 6.07) is 6.24. The molecule has 0 saturated heterocycles. The first-order valence-electron chi connectivity index (χ1n) is 6.93. The lowest BCUT2D eigenvalue weighted by atomic mass is 9.96. The molecule has 0 heterocycles. The SMILES string of the molecule is CCNC1(C(N)=O)CCC(Oc2ccccc2[N+](=O)[O-])C1. The second-order valence-corrected chi connectivity index (χ2v) is 5.18. The monoisotopic (exact) mass is 293 g/mol. The quantitative estimate of drug-likeness (QED) is 0.608. The number of likely N-dealkylation sites (N-methyl/N-ethyl adjacent to an activating group) is 1. The minimum absolute atomic E-state index is 0.0717. The average molecular weight is 293 g/mol. The van der Waals surface area contributed by atoms with Crippen LogP contribution in [-0.4, -0.2) is 29.0 Å². The van der Waals surface area contributed by atoms with Gasteiger partial charge in [-0.3, -0.25) is 14.9 Å². The van der Waals surface area contributed by atoms with Crippen molar-refractivity contribution in [2.24, 2.45) is 5.73 Å². The van der Waals surface area contributed by atoms with E-state index in [2.05, 4.69) is 5.32 Å². The molecule has 1 fully saturated rings. The molecule has 1 saturated carbocycles. The predicted octanol–water partition coefficient (Wildman–Crippen LogP) is 1.36. The molecule has 0 radical (unpaired) electrons. The summed E-state index contributed by atoms with van der Waals surface area (Å²) in [5.74, 6) is -0.178. The highest BCUT2D eigenvalue weighted by molar-refractivity contribution is 5.85. The topological polar surface area (TPSA) is 107 Å². The van der Waals surface area contributed by atoms with E-state index in [0.717, 1.165) is 0 Å². The van der Waals surface area contributed by atoms with Gasteiger partial charge in [-0.05, 0) is 25.5 Å². The molecule has 114 valence electrons. The summed E-state index contributed by atoms with van der Waals surface area (Å²) in [7, 11) is 0. The number of nitrogens with two attached hydrogens (primary N) is 1. The van der Waals surface area contributed by atoms with E-state index in [-0.39, 0.29) is 17.5 Å². The second-order valence-electron chi connectivity index (χ2n) is 5.18. The summed E-state index contributed by atoms with van der Waals surface area (Å²) in [5.41, 5.74) is 4.64. The summed E-state index contributed by atoms with van der Waals surface area (Å²) in [5, 5.41) is 14.1. The smallest absolute Gasteiger partial charge is 0.310 e. The zero-order valence-corrected chi connectivity index (χ0v) is 11.9. The van der Waals surface area contributed by atoms with Crippen LogP contribution in [0.3, 0.4) is 0 Å². The summed E-state index contributed by atoms with van der Waals surface area (Å²) in [6.45, 7) is 2.53. The number of ether oxygens (including phenoxy) is 1. The largest absolute Gasteiger partial charge is 0.483 e. The molecule has 1 amide bonds. The van der Waals surface area contributed by atoms with Crippen molar-refractivity contribution in [2.45, 2.75) is 37.8 Å². The van der Waals surface area contributed by atoms with Gasteiger partial charge in [-0.1, -0.05) is 19.1 Å². The Bertz CT molecular complexity index is 549. The fourth-order valence-corrected chi connectivity index (χ4v) is 2.80. The highest BCUT2D eigenvalue weighted by atomic mass is 16.6. The Labute approximate surface area is 122 Å². The molecule has 0 bridgehead atoms. The normalized spacial score (nSPS) is 24.7. The highest BCUT2D eigenvalue weighted by Crippen LogP contribution is 2.35. The third-order valence-electron chi connectivity index (χ3n) is 3.81. The van der Waals surface area contributed by atoms with E-state index in [1.165, 1.54) is 6.07 Å². The molecule has 2 unspecified atom stereocenters. The van der Waals surface area contributed by atoms with E-state index in [1.54, 1.807) is 18.2 Å². The number of rotatable bonds is 6. The zero-order valence-electron chi connectivity index (χ0n) is 11.9. The second kappa shape index (κ2) is 6.09. The number of carbonyl (C=O) groups excluding carboxylic acids is 1. The van der Waals surface area contributed by atoms with Gasteiger partial charge < -0.3 is 15.8 Å². The minimum atomic E-state index is -0.775. The van der Waals surface area contributed by atoms with Crippen LogP contribution in [0.25, 0.3) is 0 Å². The zero-order chi connectivity index (χ0) is 15.5. The lowest BCUT2D eigenvalue weighted by molar-refractivity contribution is -0.386. The van der Waals surface area contributed by atoms with Gasteiger partial charge in [-0.25, -0.2) is 0 Å². The third-order valence-corrected chi connectivity index (χ3v) is 3.81. The standard InChI is InChI=1S/C14H19N3O4/c1-2-16-14(13(15)18)8-7-10(9-14)21-12-6-4-3-5-11(12)17(19)20/h3-6,10,16H,2,7-9H2,1H3,(H2,15,18). The minimum Gasteiger partial charge on any atom is -0.483 e. The molecule has 1 aliphatic carbocycles. The van der Waals surface area contributed by atoms with Crippen LogP contribution in [0.4, 0.5) is 5.69 Å². The van der Waals surface area contributed by atoms with E-state index < -0.39 is 16.4 Å². The number of carbonyl (C=O) groups is 1. The summed E-state index contributed by atoms with van der Waals surface area (Å²) in [4.78, 5) is 22.2. The molecule has 21 heavy (non-hydrogen) atoms. The number of hydrogen-bond acceptors (Lipinski definition) is 5. The van der Waals surface area contributed by atoms with Gasteiger partial charge in [0.1, 0.15) is 11.6 Å². The van der Waals surface area contributed by atoms with Crippen molar-refractivity contribution < 1.29 is 14.5 Å². The number of nitro groups is 1. The molecule has 1 aromatic carbocycles. The van der Waals surface area contributed by atoms with E-state index in [0.29, 0.717) is 25.8 Å². The molecule has 7 heteroatoms. The predicted molar refractivity (Wildman–Crippen MR) is 77.0 cm³/mol. The fraction of sp³-hybridized carbons (Fsp3) is 0.500. The molecule has 2 rings (SSSR count). The Kier molecular flexibility index (Phi) is 4.42. The van der Waals surface area contributed by atoms with Crippen LogP contribution in [-0.2, 0) is 4.79 Å². The molecule has 7 nitrogen and oxygen atoms in total. The van der Waals surface area contributed by atoms with Gasteiger partial charge in [0.25, 0.3) is 0 Å². The van der Waals surface area contributed by atoms with Crippen molar-refractivity contribution in [1.82, 2.24) is 5.32 Å². The van der Waals surface area contributed by atoms with Crippen LogP contribution in [0, 0.1) is 10.1 Å². The van der Waals surface area contributed by atoms with Crippen LogP contribution >= 0.6 is 0 Å². The van der Waals surface area contributed by atoms with E-state index in [9.17, 15) is 14.9 Å². The molecule has 1 aromatic rings. The van der Waals surface area contributed by atoms with Crippen molar-refractivity contribution in [1.29, 1.82) is 0 Å². The number of benzene rings is 1. The number of nitrogens with zero attached hydrogens (tertiary/aromatic N) is 1. The van der Waals surface area contributed by atoms with Crippen molar-refractivity contribution in [3.05, 3.63) is 34.4 Å². The molecular formula is C14H19N3O4. The number of amides is 1. The Hall–Kier alpha value is -2.15. The van der Waals surface area contributed by atoms with Gasteiger partial charge in [-0.15, -0.1) is 0 Å². The van der Waals surface area contributed by atoms with Crippen molar-refractivity contribution in [3.63, 3.8) is 0 Å². The van der Waals surface area contributed by atoms with Crippen molar-refractivity contribution in [2.75, 3.05) is 6.54 Å². The Morgan fingerprint density at radius 3 is 2.90 bits per heavy atom. The molecule has 0 aromatic heterocycles. The van der Waals surface area contributed by atoms with Gasteiger partial charge in [0, 0.05) is 12.5 Å². The van der Waals surface area contributed by atoms with E-state index in [4.69, 9.17) is 10.5 Å². The summed E-state index contributed by atoms with van der Waals surface area (Å²) in [6.07, 6.45) is 1.35. The van der Waals surface area contributed by atoms with Crippen molar-refractivity contribution >= 4 is 11.6 Å². The van der Waals surface area contributed by atoms with E-state index >= 15 is 0 Å². The lowest BCUT2D eigenvalue weighted by Crippen LogP contribution is -2.54. The maximum atomic E-state index is 11.7. The molecule has 3 N–H and O–H groups in total.